The number of halogens is 1. The second-order valence-electron chi connectivity index (χ2n) is 3.23. The summed E-state index contributed by atoms with van der Waals surface area (Å²) >= 11 is 0. The van der Waals surface area contributed by atoms with Crippen LogP contribution in [0.25, 0.3) is 0 Å². The fourth-order valence-corrected chi connectivity index (χ4v) is 1.54. The highest BCUT2D eigenvalue weighted by Crippen LogP contribution is 2.07. The third-order valence-corrected chi connectivity index (χ3v) is 2.07. The third-order valence-electron chi connectivity index (χ3n) is 2.07. The van der Waals surface area contributed by atoms with Crippen LogP contribution in [0, 0.1) is 0 Å². The Morgan fingerprint density at radius 3 is 1.00 bits per heavy atom. The molecule has 0 atom stereocenters. The Bertz CT molecular complexity index is 156. The molecule has 0 aromatic heterocycles. The minimum Gasteiger partial charge on any atom is -1.00 e. The van der Waals surface area contributed by atoms with Gasteiger partial charge in [0.25, 0.3) is 0 Å². The first-order valence-corrected chi connectivity index (χ1v) is 4.53. The molecule has 2 nitrogen and oxygen atoms in total. The molecule has 0 spiro atoms. The number of hydrogen-bond donors (Lipinski definition) is 0. The monoisotopic (exact) mass is 275 g/mol. The molecule has 0 amide bonds. The molecule has 0 heterocycles. The van der Waals surface area contributed by atoms with Gasteiger partial charge in [0.15, 0.2) is 0 Å². The highest BCUT2D eigenvalue weighted by Gasteiger charge is 2.20. The van der Waals surface area contributed by atoms with Gasteiger partial charge >= 0.3 is 0 Å². The van der Waals surface area contributed by atoms with E-state index in [1.54, 1.807) is 0 Å². The molecule has 3 heteroatoms. The summed E-state index contributed by atoms with van der Waals surface area (Å²) < 4.78 is 0.903. The van der Waals surface area contributed by atoms with Crippen molar-refractivity contribution < 1.29 is 26.9 Å². The van der Waals surface area contributed by atoms with Gasteiger partial charge in [-0.05, 0) is 24.3 Å². The van der Waals surface area contributed by atoms with Gasteiger partial charge in [-0.3, -0.25) is 0 Å². The van der Waals surface area contributed by atoms with E-state index in [4.69, 9.17) is 0 Å². The first kappa shape index (κ1) is 19.9. The molecule has 0 fully saturated rings. The fourth-order valence-electron chi connectivity index (χ4n) is 1.54. The van der Waals surface area contributed by atoms with Crippen LogP contribution in [0.15, 0.2) is 50.6 Å². The molecule has 0 saturated carbocycles. The second-order valence-corrected chi connectivity index (χ2v) is 3.23. The lowest BCUT2D eigenvalue weighted by Crippen LogP contribution is -3.00. The predicted molar refractivity (Wildman–Crippen MR) is 64.1 cm³/mol. The van der Waals surface area contributed by atoms with Crippen molar-refractivity contribution in [1.82, 2.24) is 0 Å². The molecule has 0 aliphatic carbocycles. The zero-order chi connectivity index (χ0) is 10.2. The highest BCUT2D eigenvalue weighted by atomic mass is 79.9. The van der Waals surface area contributed by atoms with Crippen LogP contribution in [0.2, 0.25) is 0 Å². The molecule has 0 aromatic carbocycles. The normalized spacial score (nSPS) is 9.07. The Morgan fingerprint density at radius 1 is 0.667 bits per heavy atom. The number of nitrogens with zero attached hydrogens (tertiary/aromatic N) is 1. The van der Waals surface area contributed by atoms with E-state index >= 15 is 0 Å². The van der Waals surface area contributed by atoms with Crippen LogP contribution >= 0.6 is 0 Å². The van der Waals surface area contributed by atoms with Gasteiger partial charge in [-0.15, -0.1) is 0 Å². The van der Waals surface area contributed by atoms with Gasteiger partial charge in [-0.2, -0.15) is 0 Å². The Labute approximate surface area is 104 Å². The minimum absolute atomic E-state index is 0. The zero-order valence-electron chi connectivity index (χ0n) is 9.29. The van der Waals surface area contributed by atoms with E-state index in [1.165, 1.54) is 0 Å². The summed E-state index contributed by atoms with van der Waals surface area (Å²) in [5, 5.41) is 0. The molecular formula is C12H22BrNO. The van der Waals surface area contributed by atoms with E-state index < -0.39 is 0 Å². The van der Waals surface area contributed by atoms with Gasteiger partial charge in [0.05, 0.1) is 26.2 Å². The van der Waals surface area contributed by atoms with Crippen LogP contribution in [0.5, 0.6) is 0 Å². The van der Waals surface area contributed by atoms with Crippen molar-refractivity contribution in [2.45, 2.75) is 0 Å². The molecule has 88 valence electrons. The first-order chi connectivity index (χ1) is 6.24. The van der Waals surface area contributed by atoms with Crippen molar-refractivity contribution in [1.29, 1.82) is 0 Å². The average molecular weight is 276 g/mol. The van der Waals surface area contributed by atoms with Crippen LogP contribution in [0.3, 0.4) is 0 Å². The van der Waals surface area contributed by atoms with E-state index in [-0.39, 0.29) is 22.5 Å². The van der Waals surface area contributed by atoms with Gasteiger partial charge in [0.2, 0.25) is 0 Å². The van der Waals surface area contributed by atoms with Crippen LogP contribution in [0.1, 0.15) is 0 Å². The Balaban J connectivity index is -0.000000720. The Hall–Kier alpha value is -0.640. The van der Waals surface area contributed by atoms with Gasteiger partial charge in [0.1, 0.15) is 0 Å². The molecule has 15 heavy (non-hydrogen) atoms. The topological polar surface area (TPSA) is 31.5 Å². The van der Waals surface area contributed by atoms with E-state index in [0.717, 1.165) is 30.7 Å². The van der Waals surface area contributed by atoms with E-state index in [2.05, 4.69) is 26.3 Å². The van der Waals surface area contributed by atoms with E-state index in [9.17, 15) is 0 Å². The zero-order valence-corrected chi connectivity index (χ0v) is 10.9. The van der Waals surface area contributed by atoms with Crippen LogP contribution < -0.4 is 17.0 Å². The molecule has 0 aliphatic heterocycles. The summed E-state index contributed by atoms with van der Waals surface area (Å²) in [5.74, 6) is 0. The van der Waals surface area contributed by atoms with Crippen LogP contribution in [0.4, 0.5) is 0 Å². The highest BCUT2D eigenvalue weighted by molar-refractivity contribution is 4.79. The van der Waals surface area contributed by atoms with Crippen molar-refractivity contribution in [3.05, 3.63) is 50.6 Å². The fraction of sp³-hybridized carbons (Fsp3) is 0.333. The largest absolute Gasteiger partial charge is 1.00 e. The summed E-state index contributed by atoms with van der Waals surface area (Å²) in [7, 11) is 0. The maximum absolute atomic E-state index is 3.77. The van der Waals surface area contributed by atoms with Crippen LogP contribution in [-0.4, -0.2) is 36.1 Å². The molecule has 2 N–H and O–H groups in total. The van der Waals surface area contributed by atoms with Gasteiger partial charge in [-0.1, -0.05) is 26.3 Å². The number of rotatable bonds is 8. The maximum Gasteiger partial charge on any atom is 0.0978 e. The summed E-state index contributed by atoms with van der Waals surface area (Å²) in [6.07, 6.45) is 7.76. The SMILES string of the molecule is C=CC[N+](CC=C)(CC=C)CC=C.O.[Br-]. The molecule has 0 aromatic rings. The molecular weight excluding hydrogens is 254 g/mol. The Kier molecular flexibility index (Phi) is 15.1. The number of quaternary nitrogens is 1. The predicted octanol–water partition coefficient (Wildman–Crippen LogP) is -1.27. The lowest BCUT2D eigenvalue weighted by Gasteiger charge is -2.35. The standard InChI is InChI=1S/C12H20N.BrH.H2O/c1-5-9-13(10-6-2,11-7-3)12-8-4;;/h5-8H,1-4,9-12H2;1H;1H2/q+1;;/p-1. The lowest BCUT2D eigenvalue weighted by atomic mass is 10.3. The molecule has 0 rings (SSSR count). The van der Waals surface area contributed by atoms with Gasteiger partial charge in [-0.25, -0.2) is 0 Å². The molecule has 0 aliphatic rings. The summed E-state index contributed by atoms with van der Waals surface area (Å²) in [4.78, 5) is 0. The second kappa shape index (κ2) is 11.4. The van der Waals surface area contributed by atoms with Gasteiger partial charge in [0, 0.05) is 0 Å². The lowest BCUT2D eigenvalue weighted by molar-refractivity contribution is -0.906. The van der Waals surface area contributed by atoms with Crippen molar-refractivity contribution >= 4 is 0 Å². The summed E-state index contributed by atoms with van der Waals surface area (Å²) in [6, 6.07) is 0. The first-order valence-electron chi connectivity index (χ1n) is 4.53. The average Bonchev–Trinajstić information content (AvgIpc) is 2.06. The molecule has 0 bridgehead atoms. The van der Waals surface area contributed by atoms with E-state index in [0.29, 0.717) is 0 Å². The van der Waals surface area contributed by atoms with Crippen molar-refractivity contribution in [3.63, 3.8) is 0 Å². The molecule has 0 saturated heterocycles. The number of hydrogen-bond acceptors (Lipinski definition) is 0. The van der Waals surface area contributed by atoms with E-state index in [1.807, 2.05) is 24.3 Å². The summed E-state index contributed by atoms with van der Waals surface area (Å²) in [5.41, 5.74) is 0. The smallest absolute Gasteiger partial charge is 0.0978 e. The molecule has 0 unspecified atom stereocenters. The molecule has 0 radical (unpaired) electrons. The van der Waals surface area contributed by atoms with Gasteiger partial charge < -0.3 is 26.9 Å². The van der Waals surface area contributed by atoms with Crippen molar-refractivity contribution in [2.75, 3.05) is 26.2 Å². The quantitative estimate of drug-likeness (QED) is 0.391. The van der Waals surface area contributed by atoms with Crippen LogP contribution in [-0.2, 0) is 0 Å². The summed E-state index contributed by atoms with van der Waals surface area (Å²) in [6.45, 7) is 18.8. The Morgan fingerprint density at radius 2 is 0.867 bits per heavy atom. The van der Waals surface area contributed by atoms with Crippen molar-refractivity contribution in [3.8, 4) is 0 Å². The maximum atomic E-state index is 3.77. The van der Waals surface area contributed by atoms with Crippen molar-refractivity contribution in [2.24, 2.45) is 0 Å². The minimum atomic E-state index is 0. The third kappa shape index (κ3) is 7.31.